The number of ether oxygens (including phenoxy) is 2. The quantitative estimate of drug-likeness (QED) is 0.849. The molecule has 0 aliphatic carbocycles. The Labute approximate surface area is 108 Å². The van der Waals surface area contributed by atoms with Gasteiger partial charge in [0.1, 0.15) is 11.5 Å². The molecule has 0 aliphatic heterocycles. The van der Waals surface area contributed by atoms with E-state index in [1.165, 1.54) is 0 Å². The molecular formula is C13H21NO2S. The summed E-state index contributed by atoms with van der Waals surface area (Å²) in [7, 11) is 3.31. The molecule has 0 heterocycles. The normalized spacial score (nSPS) is 12.6. The molecule has 0 spiro atoms. The summed E-state index contributed by atoms with van der Waals surface area (Å²) in [6.07, 6.45) is 0. The van der Waals surface area contributed by atoms with Gasteiger partial charge in [-0.15, -0.1) is 0 Å². The van der Waals surface area contributed by atoms with Gasteiger partial charge in [0.25, 0.3) is 0 Å². The van der Waals surface area contributed by atoms with Crippen molar-refractivity contribution >= 4 is 11.8 Å². The number of hydrogen-bond acceptors (Lipinski definition) is 4. The van der Waals surface area contributed by atoms with E-state index < -0.39 is 0 Å². The topological polar surface area (TPSA) is 44.5 Å². The van der Waals surface area contributed by atoms with Crippen molar-refractivity contribution in [1.29, 1.82) is 0 Å². The van der Waals surface area contributed by atoms with Crippen molar-refractivity contribution in [2.75, 3.05) is 20.0 Å². The van der Waals surface area contributed by atoms with Gasteiger partial charge in [-0.25, -0.2) is 0 Å². The average molecular weight is 255 g/mol. The van der Waals surface area contributed by atoms with Crippen LogP contribution in [0.2, 0.25) is 0 Å². The summed E-state index contributed by atoms with van der Waals surface area (Å²) >= 11 is 1.85. The molecule has 1 atom stereocenters. The molecule has 0 aromatic heterocycles. The number of benzene rings is 1. The molecule has 3 nitrogen and oxygen atoms in total. The molecular weight excluding hydrogens is 234 g/mol. The van der Waals surface area contributed by atoms with Crippen LogP contribution in [-0.4, -0.2) is 25.2 Å². The fraction of sp³-hybridized carbons (Fsp3) is 0.538. The maximum absolute atomic E-state index is 6.19. The van der Waals surface area contributed by atoms with Crippen LogP contribution in [0.25, 0.3) is 0 Å². The molecule has 1 unspecified atom stereocenters. The van der Waals surface area contributed by atoms with Crippen LogP contribution < -0.4 is 15.2 Å². The molecule has 1 aromatic carbocycles. The maximum atomic E-state index is 6.19. The lowest BCUT2D eigenvalue weighted by molar-refractivity contribution is 0.396. The monoisotopic (exact) mass is 255 g/mol. The Balaban J connectivity index is 2.85. The second-order valence-electron chi connectivity index (χ2n) is 4.10. The van der Waals surface area contributed by atoms with E-state index in [1.54, 1.807) is 14.2 Å². The highest BCUT2D eigenvalue weighted by molar-refractivity contribution is 7.99. The molecule has 4 heteroatoms. The van der Waals surface area contributed by atoms with Gasteiger partial charge in [-0.05, 0) is 23.4 Å². The molecule has 0 bridgehead atoms. The van der Waals surface area contributed by atoms with Gasteiger partial charge >= 0.3 is 0 Å². The van der Waals surface area contributed by atoms with Gasteiger partial charge in [0.05, 0.1) is 14.2 Å². The summed E-state index contributed by atoms with van der Waals surface area (Å²) in [5.74, 6) is 2.51. The number of thioether (sulfide) groups is 1. The van der Waals surface area contributed by atoms with Crippen LogP contribution in [0.5, 0.6) is 11.5 Å². The van der Waals surface area contributed by atoms with E-state index >= 15 is 0 Å². The zero-order valence-corrected chi connectivity index (χ0v) is 11.7. The summed E-state index contributed by atoms with van der Waals surface area (Å²) < 4.78 is 10.5. The molecule has 1 aromatic rings. The third-order valence-electron chi connectivity index (χ3n) is 2.45. The minimum absolute atomic E-state index is 0.0348. The van der Waals surface area contributed by atoms with Gasteiger partial charge in [0, 0.05) is 17.4 Å². The smallest absolute Gasteiger partial charge is 0.123 e. The van der Waals surface area contributed by atoms with Crippen molar-refractivity contribution in [2.24, 2.45) is 5.73 Å². The van der Waals surface area contributed by atoms with Crippen LogP contribution in [0.15, 0.2) is 18.2 Å². The lowest BCUT2D eigenvalue weighted by atomic mass is 10.1. The second kappa shape index (κ2) is 6.77. The summed E-state index contributed by atoms with van der Waals surface area (Å²) in [6.45, 7) is 4.33. The van der Waals surface area contributed by atoms with Gasteiger partial charge in [-0.2, -0.15) is 11.8 Å². The van der Waals surface area contributed by atoms with Crippen molar-refractivity contribution in [1.82, 2.24) is 0 Å². The van der Waals surface area contributed by atoms with Crippen LogP contribution in [-0.2, 0) is 0 Å². The molecule has 17 heavy (non-hydrogen) atoms. The van der Waals surface area contributed by atoms with Crippen LogP contribution in [0.1, 0.15) is 25.5 Å². The lowest BCUT2D eigenvalue weighted by Gasteiger charge is -2.17. The van der Waals surface area contributed by atoms with Crippen LogP contribution in [0.4, 0.5) is 0 Å². The first-order chi connectivity index (χ1) is 8.08. The minimum Gasteiger partial charge on any atom is -0.497 e. The minimum atomic E-state index is -0.0348. The Bertz CT molecular complexity index is 355. The van der Waals surface area contributed by atoms with Crippen LogP contribution in [0, 0.1) is 0 Å². The van der Waals surface area contributed by atoms with Crippen LogP contribution >= 0.6 is 11.8 Å². The van der Waals surface area contributed by atoms with Crippen molar-refractivity contribution in [3.05, 3.63) is 23.8 Å². The van der Waals surface area contributed by atoms with Crippen molar-refractivity contribution in [3.8, 4) is 11.5 Å². The molecule has 0 fully saturated rings. The summed E-state index contributed by atoms with van der Waals surface area (Å²) in [6, 6.07) is 5.69. The maximum Gasteiger partial charge on any atom is 0.123 e. The molecule has 0 amide bonds. The number of hydrogen-bond donors (Lipinski definition) is 1. The van der Waals surface area contributed by atoms with E-state index in [-0.39, 0.29) is 6.04 Å². The van der Waals surface area contributed by atoms with E-state index in [9.17, 15) is 0 Å². The Kier molecular flexibility index (Phi) is 5.65. The standard InChI is InChI=1S/C13H21NO2S/c1-9(2)17-8-12(14)11-7-10(15-3)5-6-13(11)16-4/h5-7,9,12H,8,14H2,1-4H3. The van der Waals surface area contributed by atoms with Gasteiger partial charge in [-0.1, -0.05) is 13.8 Å². The van der Waals surface area contributed by atoms with Crippen molar-refractivity contribution in [2.45, 2.75) is 25.1 Å². The summed E-state index contributed by atoms with van der Waals surface area (Å²) in [4.78, 5) is 0. The first kappa shape index (κ1) is 14.2. The average Bonchev–Trinajstić information content (AvgIpc) is 2.34. The molecule has 0 radical (unpaired) electrons. The zero-order chi connectivity index (χ0) is 12.8. The fourth-order valence-corrected chi connectivity index (χ4v) is 2.29. The second-order valence-corrected chi connectivity index (χ2v) is 5.71. The molecule has 0 aliphatic rings. The van der Waals surface area contributed by atoms with Gasteiger partial charge in [-0.3, -0.25) is 0 Å². The number of methoxy groups -OCH3 is 2. The Hall–Kier alpha value is -0.870. The number of nitrogens with two attached hydrogens (primary N) is 1. The van der Waals surface area contributed by atoms with Gasteiger partial charge in [0.15, 0.2) is 0 Å². The summed E-state index contributed by atoms with van der Waals surface area (Å²) in [5.41, 5.74) is 7.19. The highest BCUT2D eigenvalue weighted by atomic mass is 32.2. The van der Waals surface area contributed by atoms with Crippen molar-refractivity contribution in [3.63, 3.8) is 0 Å². The molecule has 0 saturated carbocycles. The molecule has 2 N–H and O–H groups in total. The highest BCUT2D eigenvalue weighted by Gasteiger charge is 2.13. The fourth-order valence-electron chi connectivity index (χ4n) is 1.52. The Morgan fingerprint density at radius 3 is 2.47 bits per heavy atom. The lowest BCUT2D eigenvalue weighted by Crippen LogP contribution is -2.15. The Morgan fingerprint density at radius 2 is 1.94 bits per heavy atom. The zero-order valence-electron chi connectivity index (χ0n) is 10.9. The largest absolute Gasteiger partial charge is 0.497 e. The third kappa shape index (κ3) is 4.13. The first-order valence-electron chi connectivity index (χ1n) is 5.67. The first-order valence-corrected chi connectivity index (χ1v) is 6.72. The third-order valence-corrected chi connectivity index (χ3v) is 3.66. The number of rotatable bonds is 6. The highest BCUT2D eigenvalue weighted by Crippen LogP contribution is 2.30. The van der Waals surface area contributed by atoms with E-state index in [2.05, 4.69) is 13.8 Å². The predicted molar refractivity (Wildman–Crippen MR) is 74.1 cm³/mol. The SMILES string of the molecule is COc1ccc(OC)c(C(N)CSC(C)C)c1. The van der Waals surface area contributed by atoms with Gasteiger partial charge < -0.3 is 15.2 Å². The van der Waals surface area contributed by atoms with Crippen LogP contribution in [0.3, 0.4) is 0 Å². The molecule has 96 valence electrons. The molecule has 1 rings (SSSR count). The Morgan fingerprint density at radius 1 is 1.24 bits per heavy atom. The predicted octanol–water partition coefficient (Wildman–Crippen LogP) is 2.85. The molecule has 0 saturated heterocycles. The van der Waals surface area contributed by atoms with E-state index in [0.29, 0.717) is 5.25 Å². The summed E-state index contributed by atoms with van der Waals surface area (Å²) in [5, 5.41) is 0.581. The van der Waals surface area contributed by atoms with Gasteiger partial charge in [0.2, 0.25) is 0 Å². The van der Waals surface area contributed by atoms with E-state index in [0.717, 1.165) is 22.8 Å². The van der Waals surface area contributed by atoms with Crippen molar-refractivity contribution < 1.29 is 9.47 Å². The van der Waals surface area contributed by atoms with E-state index in [1.807, 2.05) is 30.0 Å². The van der Waals surface area contributed by atoms with E-state index in [4.69, 9.17) is 15.2 Å².